The van der Waals surface area contributed by atoms with Crippen molar-refractivity contribution in [1.29, 1.82) is 0 Å². The van der Waals surface area contributed by atoms with Crippen molar-refractivity contribution in [3.63, 3.8) is 0 Å². The highest BCUT2D eigenvalue weighted by Crippen LogP contribution is 2.28. The molecular formula is C21H24N4O4S. The molecule has 0 bridgehead atoms. The normalized spacial score (nSPS) is 10.5. The van der Waals surface area contributed by atoms with Crippen molar-refractivity contribution in [3.8, 4) is 17.2 Å². The third-order valence-electron chi connectivity index (χ3n) is 4.44. The van der Waals surface area contributed by atoms with Crippen molar-refractivity contribution in [2.75, 3.05) is 32.4 Å². The SMILES string of the molecule is COc1ccc(NC(=O)CSc2nnc(Cc3ccc(OC)c(OC)c3)n2C)cc1. The van der Waals surface area contributed by atoms with Gasteiger partial charge in [0.1, 0.15) is 11.6 Å². The van der Waals surface area contributed by atoms with Gasteiger partial charge in [0.15, 0.2) is 16.7 Å². The number of benzene rings is 2. The molecule has 0 saturated heterocycles. The van der Waals surface area contributed by atoms with E-state index in [0.29, 0.717) is 28.8 Å². The number of carbonyl (C=O) groups excluding carboxylic acids is 1. The Labute approximate surface area is 179 Å². The summed E-state index contributed by atoms with van der Waals surface area (Å²) in [5.74, 6) is 2.99. The Balaban J connectivity index is 1.59. The van der Waals surface area contributed by atoms with E-state index >= 15 is 0 Å². The van der Waals surface area contributed by atoms with Crippen molar-refractivity contribution in [3.05, 3.63) is 53.9 Å². The summed E-state index contributed by atoms with van der Waals surface area (Å²) in [6.45, 7) is 0. The number of nitrogens with one attached hydrogen (secondary N) is 1. The van der Waals surface area contributed by atoms with Crippen LogP contribution in [0.3, 0.4) is 0 Å². The zero-order chi connectivity index (χ0) is 21.5. The first kappa shape index (κ1) is 21.5. The molecule has 0 spiro atoms. The fraction of sp³-hybridized carbons (Fsp3) is 0.286. The standard InChI is InChI=1S/C21H24N4O4S/c1-25-19(12-14-5-10-17(28-3)18(11-14)29-4)23-24-21(25)30-13-20(26)22-15-6-8-16(27-2)9-7-15/h5-11H,12-13H2,1-4H3,(H,22,26). The smallest absolute Gasteiger partial charge is 0.234 e. The third kappa shape index (κ3) is 5.24. The quantitative estimate of drug-likeness (QED) is 0.524. The van der Waals surface area contributed by atoms with Gasteiger partial charge in [0.25, 0.3) is 0 Å². The second-order valence-corrected chi connectivity index (χ2v) is 7.33. The van der Waals surface area contributed by atoms with Crippen LogP contribution in [-0.2, 0) is 18.3 Å². The predicted octanol–water partition coefficient (Wildman–Crippen LogP) is 3.16. The van der Waals surface area contributed by atoms with Gasteiger partial charge in [0, 0.05) is 19.2 Å². The first-order chi connectivity index (χ1) is 14.5. The van der Waals surface area contributed by atoms with E-state index in [1.807, 2.05) is 29.8 Å². The fourth-order valence-electron chi connectivity index (χ4n) is 2.80. The van der Waals surface area contributed by atoms with Crippen molar-refractivity contribution < 1.29 is 19.0 Å². The lowest BCUT2D eigenvalue weighted by molar-refractivity contribution is -0.113. The van der Waals surface area contributed by atoms with Crippen LogP contribution in [0.1, 0.15) is 11.4 Å². The molecule has 2 aromatic carbocycles. The summed E-state index contributed by atoms with van der Waals surface area (Å²) >= 11 is 1.34. The summed E-state index contributed by atoms with van der Waals surface area (Å²) in [7, 11) is 6.70. The number of methoxy groups -OCH3 is 3. The zero-order valence-corrected chi connectivity index (χ0v) is 18.2. The molecule has 1 amide bonds. The van der Waals surface area contributed by atoms with Crippen LogP contribution in [0.2, 0.25) is 0 Å². The molecule has 1 heterocycles. The Morgan fingerprint density at radius 3 is 2.40 bits per heavy atom. The van der Waals surface area contributed by atoms with E-state index < -0.39 is 0 Å². The molecule has 0 saturated carbocycles. The van der Waals surface area contributed by atoms with Gasteiger partial charge in [-0.25, -0.2) is 0 Å². The Hall–Kier alpha value is -3.20. The molecule has 0 unspecified atom stereocenters. The average Bonchev–Trinajstić information content (AvgIpc) is 3.11. The molecule has 0 aliphatic heterocycles. The number of carbonyl (C=O) groups is 1. The van der Waals surface area contributed by atoms with E-state index in [1.54, 1.807) is 45.6 Å². The predicted molar refractivity (Wildman–Crippen MR) is 116 cm³/mol. The van der Waals surface area contributed by atoms with Crippen molar-refractivity contribution in [2.24, 2.45) is 7.05 Å². The molecule has 0 aliphatic carbocycles. The summed E-state index contributed by atoms with van der Waals surface area (Å²) in [6.07, 6.45) is 0.586. The number of hydrogen-bond donors (Lipinski definition) is 1. The van der Waals surface area contributed by atoms with Crippen LogP contribution >= 0.6 is 11.8 Å². The van der Waals surface area contributed by atoms with Crippen LogP contribution in [0, 0.1) is 0 Å². The van der Waals surface area contributed by atoms with Gasteiger partial charge in [-0.15, -0.1) is 10.2 Å². The minimum absolute atomic E-state index is 0.116. The molecule has 1 N–H and O–H groups in total. The van der Waals surface area contributed by atoms with E-state index in [0.717, 1.165) is 17.1 Å². The molecule has 9 heteroatoms. The Morgan fingerprint density at radius 1 is 1.00 bits per heavy atom. The van der Waals surface area contributed by atoms with E-state index in [9.17, 15) is 4.79 Å². The van der Waals surface area contributed by atoms with E-state index in [4.69, 9.17) is 14.2 Å². The zero-order valence-electron chi connectivity index (χ0n) is 17.3. The minimum atomic E-state index is -0.116. The van der Waals surface area contributed by atoms with Crippen LogP contribution < -0.4 is 19.5 Å². The van der Waals surface area contributed by atoms with Gasteiger partial charge in [-0.2, -0.15) is 0 Å². The monoisotopic (exact) mass is 428 g/mol. The topological polar surface area (TPSA) is 87.5 Å². The number of nitrogens with zero attached hydrogens (tertiary/aromatic N) is 3. The van der Waals surface area contributed by atoms with Gasteiger partial charge in [-0.1, -0.05) is 17.8 Å². The highest BCUT2D eigenvalue weighted by atomic mass is 32.2. The fourth-order valence-corrected chi connectivity index (χ4v) is 3.53. The highest BCUT2D eigenvalue weighted by Gasteiger charge is 2.13. The number of thioether (sulfide) groups is 1. The second-order valence-electron chi connectivity index (χ2n) is 6.39. The van der Waals surface area contributed by atoms with Crippen LogP contribution in [-0.4, -0.2) is 47.8 Å². The molecule has 0 radical (unpaired) electrons. The molecule has 3 aromatic rings. The summed E-state index contributed by atoms with van der Waals surface area (Å²) in [4.78, 5) is 12.2. The molecule has 30 heavy (non-hydrogen) atoms. The van der Waals surface area contributed by atoms with Gasteiger partial charge < -0.3 is 24.1 Å². The number of amides is 1. The molecule has 158 valence electrons. The summed E-state index contributed by atoms with van der Waals surface area (Å²) in [5.41, 5.74) is 1.74. The lowest BCUT2D eigenvalue weighted by Gasteiger charge is -2.09. The first-order valence-electron chi connectivity index (χ1n) is 9.20. The molecule has 0 aliphatic rings. The van der Waals surface area contributed by atoms with Crippen LogP contribution in [0.5, 0.6) is 17.2 Å². The lowest BCUT2D eigenvalue weighted by Crippen LogP contribution is -2.14. The maximum absolute atomic E-state index is 12.2. The number of rotatable bonds is 9. The second kappa shape index (κ2) is 10.0. The van der Waals surface area contributed by atoms with E-state index in [1.165, 1.54) is 11.8 Å². The summed E-state index contributed by atoms with van der Waals surface area (Å²) in [6, 6.07) is 12.9. The van der Waals surface area contributed by atoms with Crippen molar-refractivity contribution >= 4 is 23.4 Å². The maximum Gasteiger partial charge on any atom is 0.234 e. The summed E-state index contributed by atoms with van der Waals surface area (Å²) in [5, 5.41) is 12.0. The molecule has 1 aromatic heterocycles. The Kier molecular flexibility index (Phi) is 7.18. The van der Waals surface area contributed by atoms with E-state index in [2.05, 4.69) is 15.5 Å². The van der Waals surface area contributed by atoms with Gasteiger partial charge in [0.2, 0.25) is 5.91 Å². The van der Waals surface area contributed by atoms with E-state index in [-0.39, 0.29) is 11.7 Å². The van der Waals surface area contributed by atoms with Gasteiger partial charge >= 0.3 is 0 Å². The van der Waals surface area contributed by atoms with Crippen molar-refractivity contribution in [2.45, 2.75) is 11.6 Å². The van der Waals surface area contributed by atoms with Gasteiger partial charge in [-0.3, -0.25) is 4.79 Å². The minimum Gasteiger partial charge on any atom is -0.497 e. The number of aromatic nitrogens is 3. The number of anilines is 1. The first-order valence-corrected chi connectivity index (χ1v) is 10.2. The highest BCUT2D eigenvalue weighted by molar-refractivity contribution is 7.99. The average molecular weight is 429 g/mol. The van der Waals surface area contributed by atoms with Crippen LogP contribution in [0.4, 0.5) is 5.69 Å². The molecule has 0 atom stereocenters. The number of ether oxygens (including phenoxy) is 3. The largest absolute Gasteiger partial charge is 0.497 e. The Morgan fingerprint density at radius 2 is 1.73 bits per heavy atom. The Bertz CT molecular complexity index is 1000. The third-order valence-corrected chi connectivity index (χ3v) is 5.46. The molecule has 8 nitrogen and oxygen atoms in total. The molecular weight excluding hydrogens is 404 g/mol. The number of hydrogen-bond acceptors (Lipinski definition) is 7. The van der Waals surface area contributed by atoms with Gasteiger partial charge in [0.05, 0.1) is 27.1 Å². The lowest BCUT2D eigenvalue weighted by atomic mass is 10.1. The van der Waals surface area contributed by atoms with Crippen molar-refractivity contribution in [1.82, 2.24) is 14.8 Å². The van der Waals surface area contributed by atoms with Crippen LogP contribution in [0.15, 0.2) is 47.6 Å². The molecule has 3 rings (SSSR count). The molecule has 0 fully saturated rings. The van der Waals surface area contributed by atoms with Gasteiger partial charge in [-0.05, 0) is 42.0 Å². The van der Waals surface area contributed by atoms with Crippen LogP contribution in [0.25, 0.3) is 0 Å². The summed E-state index contributed by atoms with van der Waals surface area (Å²) < 4.78 is 17.6. The maximum atomic E-state index is 12.2.